The van der Waals surface area contributed by atoms with Crippen molar-refractivity contribution in [2.45, 2.75) is 6.54 Å². The highest BCUT2D eigenvalue weighted by Gasteiger charge is 2.07. The second-order valence-corrected chi connectivity index (χ2v) is 5.02. The van der Waals surface area contributed by atoms with E-state index in [9.17, 15) is 0 Å². The molecule has 3 nitrogen and oxygen atoms in total. The van der Waals surface area contributed by atoms with Crippen LogP contribution in [0.5, 0.6) is 5.75 Å². The fourth-order valence-electron chi connectivity index (χ4n) is 1.50. The molecule has 1 aromatic heterocycles. The fraction of sp³-hybridized carbons (Fsp3) is 0.250. The number of ether oxygens (including phenoxy) is 1. The van der Waals surface area contributed by atoms with E-state index in [4.69, 9.17) is 16.3 Å². The van der Waals surface area contributed by atoms with Crippen LogP contribution in [0.3, 0.4) is 0 Å². The van der Waals surface area contributed by atoms with Crippen molar-refractivity contribution in [2.75, 3.05) is 14.2 Å². The Hall–Kier alpha value is -1.10. The monoisotopic (exact) mass is 268 g/mol. The maximum absolute atomic E-state index is 6.09. The molecule has 0 atom stereocenters. The van der Waals surface area contributed by atoms with Crippen molar-refractivity contribution in [3.63, 3.8) is 0 Å². The van der Waals surface area contributed by atoms with Gasteiger partial charge in [-0.25, -0.2) is 4.98 Å². The minimum Gasteiger partial charge on any atom is -0.495 e. The van der Waals surface area contributed by atoms with Gasteiger partial charge in [-0.2, -0.15) is 0 Å². The third kappa shape index (κ3) is 2.77. The molecule has 0 aliphatic carbocycles. The highest BCUT2D eigenvalue weighted by atomic mass is 35.5. The first-order valence-electron chi connectivity index (χ1n) is 5.18. The first kappa shape index (κ1) is 12.4. The molecular weight excluding hydrogens is 256 g/mol. The highest BCUT2D eigenvalue weighted by Crippen LogP contribution is 2.32. The summed E-state index contributed by atoms with van der Waals surface area (Å²) >= 11 is 7.75. The maximum atomic E-state index is 6.09. The number of nitrogens with zero attached hydrogens (tertiary/aromatic N) is 1. The van der Waals surface area contributed by atoms with E-state index in [1.54, 1.807) is 18.4 Å². The minimum absolute atomic E-state index is 0.619. The number of halogens is 1. The standard InChI is InChI=1S/C12H13ClN2OS/c1-14-7-12-15-6-11(17-12)8-3-4-10(16-2)9(13)5-8/h3-6,14H,7H2,1-2H3. The van der Waals surface area contributed by atoms with Gasteiger partial charge in [0.15, 0.2) is 0 Å². The first-order chi connectivity index (χ1) is 8.24. The zero-order valence-electron chi connectivity index (χ0n) is 9.66. The lowest BCUT2D eigenvalue weighted by Crippen LogP contribution is -2.03. The third-order valence-corrected chi connectivity index (χ3v) is 3.66. The fourth-order valence-corrected chi connectivity index (χ4v) is 2.68. The van der Waals surface area contributed by atoms with Gasteiger partial charge in [0.2, 0.25) is 0 Å². The van der Waals surface area contributed by atoms with Crippen LogP contribution in [0.4, 0.5) is 0 Å². The van der Waals surface area contributed by atoms with Crippen LogP contribution in [0.1, 0.15) is 5.01 Å². The van der Waals surface area contributed by atoms with Crippen LogP contribution in [-0.2, 0) is 6.54 Å². The van der Waals surface area contributed by atoms with Crippen molar-refractivity contribution in [1.82, 2.24) is 10.3 Å². The summed E-state index contributed by atoms with van der Waals surface area (Å²) in [5.41, 5.74) is 1.07. The number of nitrogens with one attached hydrogen (secondary N) is 1. The summed E-state index contributed by atoms with van der Waals surface area (Å²) in [6.07, 6.45) is 1.87. The lowest BCUT2D eigenvalue weighted by atomic mass is 10.2. The van der Waals surface area contributed by atoms with Gasteiger partial charge >= 0.3 is 0 Å². The molecule has 90 valence electrons. The van der Waals surface area contributed by atoms with E-state index in [0.29, 0.717) is 10.8 Å². The molecule has 2 rings (SSSR count). The molecule has 17 heavy (non-hydrogen) atoms. The predicted molar refractivity (Wildman–Crippen MR) is 71.9 cm³/mol. The van der Waals surface area contributed by atoms with E-state index < -0.39 is 0 Å². The lowest BCUT2D eigenvalue weighted by molar-refractivity contribution is 0.415. The summed E-state index contributed by atoms with van der Waals surface area (Å²) in [6.45, 7) is 0.786. The van der Waals surface area contributed by atoms with Gasteiger partial charge in [0.25, 0.3) is 0 Å². The summed E-state index contributed by atoms with van der Waals surface area (Å²) in [5, 5.41) is 4.76. The van der Waals surface area contributed by atoms with Crippen LogP contribution in [0.2, 0.25) is 5.02 Å². The minimum atomic E-state index is 0.619. The molecule has 0 aliphatic heterocycles. The Balaban J connectivity index is 2.29. The van der Waals surface area contributed by atoms with Gasteiger partial charge in [0, 0.05) is 12.7 Å². The Morgan fingerprint density at radius 1 is 1.47 bits per heavy atom. The first-order valence-corrected chi connectivity index (χ1v) is 6.37. The van der Waals surface area contributed by atoms with Gasteiger partial charge in [-0.1, -0.05) is 11.6 Å². The summed E-state index contributed by atoms with van der Waals surface area (Å²) < 4.78 is 5.13. The highest BCUT2D eigenvalue weighted by molar-refractivity contribution is 7.15. The second kappa shape index (κ2) is 5.49. The maximum Gasteiger partial charge on any atom is 0.137 e. The number of hydrogen-bond donors (Lipinski definition) is 1. The normalized spacial score (nSPS) is 10.5. The number of rotatable bonds is 4. The summed E-state index contributed by atoms with van der Waals surface area (Å²) in [6, 6.07) is 5.76. The van der Waals surface area contributed by atoms with E-state index in [2.05, 4.69) is 10.3 Å². The zero-order valence-corrected chi connectivity index (χ0v) is 11.2. The molecule has 5 heteroatoms. The van der Waals surface area contributed by atoms with Gasteiger partial charge < -0.3 is 10.1 Å². The van der Waals surface area contributed by atoms with Crippen molar-refractivity contribution in [3.05, 3.63) is 34.4 Å². The number of thiazole rings is 1. The molecule has 1 aromatic carbocycles. The number of aromatic nitrogens is 1. The quantitative estimate of drug-likeness (QED) is 0.925. The SMILES string of the molecule is CNCc1ncc(-c2ccc(OC)c(Cl)c2)s1. The van der Waals surface area contributed by atoms with E-state index in [1.165, 1.54) is 0 Å². The zero-order chi connectivity index (χ0) is 12.3. The number of methoxy groups -OCH3 is 1. The predicted octanol–water partition coefficient (Wildman–Crippen LogP) is 3.19. The second-order valence-electron chi connectivity index (χ2n) is 3.50. The van der Waals surface area contributed by atoms with E-state index >= 15 is 0 Å². The molecule has 1 N–H and O–H groups in total. The molecular formula is C12H13ClN2OS. The molecule has 0 radical (unpaired) electrons. The largest absolute Gasteiger partial charge is 0.495 e. The Bertz CT molecular complexity index is 513. The summed E-state index contributed by atoms with van der Waals surface area (Å²) in [5.74, 6) is 0.690. The Morgan fingerprint density at radius 3 is 2.94 bits per heavy atom. The molecule has 0 fully saturated rings. The Labute approximate surface area is 109 Å². The third-order valence-electron chi connectivity index (χ3n) is 2.32. The molecule has 0 saturated carbocycles. The van der Waals surface area contributed by atoms with Crippen LogP contribution in [0.15, 0.2) is 24.4 Å². The molecule has 0 unspecified atom stereocenters. The van der Waals surface area contributed by atoms with E-state index in [1.807, 2.05) is 31.4 Å². The van der Waals surface area contributed by atoms with Crippen molar-refractivity contribution in [1.29, 1.82) is 0 Å². The van der Waals surface area contributed by atoms with Crippen molar-refractivity contribution >= 4 is 22.9 Å². The molecule has 0 aliphatic rings. The molecule has 0 spiro atoms. The van der Waals surface area contributed by atoms with Gasteiger partial charge in [-0.05, 0) is 30.8 Å². The van der Waals surface area contributed by atoms with Crippen molar-refractivity contribution in [2.24, 2.45) is 0 Å². The smallest absolute Gasteiger partial charge is 0.137 e. The molecule has 0 amide bonds. The van der Waals surface area contributed by atoms with Crippen LogP contribution in [0.25, 0.3) is 10.4 Å². The average molecular weight is 269 g/mol. The molecule has 1 heterocycles. The van der Waals surface area contributed by atoms with Gasteiger partial charge in [0.05, 0.1) is 17.0 Å². The van der Waals surface area contributed by atoms with Gasteiger partial charge in [0.1, 0.15) is 10.8 Å². The van der Waals surface area contributed by atoms with Crippen LogP contribution in [0, 0.1) is 0 Å². The average Bonchev–Trinajstić information content (AvgIpc) is 2.78. The van der Waals surface area contributed by atoms with Crippen LogP contribution < -0.4 is 10.1 Å². The molecule has 2 aromatic rings. The van der Waals surface area contributed by atoms with E-state index in [-0.39, 0.29) is 0 Å². The Morgan fingerprint density at radius 2 is 2.29 bits per heavy atom. The lowest BCUT2D eigenvalue weighted by Gasteiger charge is -2.04. The van der Waals surface area contributed by atoms with Crippen molar-refractivity contribution < 1.29 is 4.74 Å². The van der Waals surface area contributed by atoms with E-state index in [0.717, 1.165) is 22.0 Å². The number of hydrogen-bond acceptors (Lipinski definition) is 4. The van der Waals surface area contributed by atoms with Gasteiger partial charge in [-0.3, -0.25) is 0 Å². The van der Waals surface area contributed by atoms with Crippen molar-refractivity contribution in [3.8, 4) is 16.2 Å². The number of benzene rings is 1. The molecule has 0 saturated heterocycles. The van der Waals surface area contributed by atoms with Gasteiger partial charge in [-0.15, -0.1) is 11.3 Å². The molecule has 0 bridgehead atoms. The van der Waals surface area contributed by atoms with Crippen LogP contribution in [-0.4, -0.2) is 19.1 Å². The summed E-state index contributed by atoms with van der Waals surface area (Å²) in [4.78, 5) is 5.45. The van der Waals surface area contributed by atoms with Crippen LogP contribution >= 0.6 is 22.9 Å². The summed E-state index contributed by atoms with van der Waals surface area (Å²) in [7, 11) is 3.52. The Kier molecular flexibility index (Phi) is 3.99. The topological polar surface area (TPSA) is 34.2 Å².